The third-order valence-corrected chi connectivity index (χ3v) is 4.22. The number of hydrogen-bond donors (Lipinski definition) is 0. The van der Waals surface area contributed by atoms with E-state index < -0.39 is 0 Å². The maximum Gasteiger partial charge on any atom is 0.105 e. The fourth-order valence-electron chi connectivity index (χ4n) is 2.92. The molecule has 0 radical (unpaired) electrons. The first kappa shape index (κ1) is 20.6. The maximum atomic E-state index is 6.11. The molecule has 126 valence electrons. The van der Waals surface area contributed by atoms with Gasteiger partial charge in [0.15, 0.2) is 0 Å². The standard InChI is InChI=1S/C19H39NO/c1-7-10-13-14-18(20-17(4)5)19(21-6,15-11-8-2)16-12-9-3/h17H,7-16H2,1-6H3. The van der Waals surface area contributed by atoms with Crippen LogP contribution in [0.5, 0.6) is 0 Å². The molecule has 0 atom stereocenters. The third kappa shape index (κ3) is 7.99. The van der Waals surface area contributed by atoms with Gasteiger partial charge in [0.25, 0.3) is 0 Å². The normalized spacial score (nSPS) is 13.2. The van der Waals surface area contributed by atoms with Crippen molar-refractivity contribution in [2.24, 2.45) is 4.99 Å². The number of ether oxygens (including phenoxy) is 1. The predicted octanol–water partition coefficient (Wildman–Crippen LogP) is 6.18. The Morgan fingerprint density at radius 3 is 1.81 bits per heavy atom. The van der Waals surface area contributed by atoms with E-state index in [9.17, 15) is 0 Å². The van der Waals surface area contributed by atoms with Gasteiger partial charge in [-0.2, -0.15) is 0 Å². The molecule has 0 amide bonds. The summed E-state index contributed by atoms with van der Waals surface area (Å²) in [4.78, 5) is 4.99. The SMILES string of the molecule is CCCCCC(=NC(C)C)C(CCCC)(CCCC)OC. The summed E-state index contributed by atoms with van der Waals surface area (Å²) in [5.41, 5.74) is 1.22. The van der Waals surface area contributed by atoms with E-state index in [2.05, 4.69) is 34.6 Å². The van der Waals surface area contributed by atoms with Gasteiger partial charge in [-0.3, -0.25) is 4.99 Å². The van der Waals surface area contributed by atoms with E-state index in [1.807, 2.05) is 7.11 Å². The van der Waals surface area contributed by atoms with E-state index in [4.69, 9.17) is 9.73 Å². The second-order valence-corrected chi connectivity index (χ2v) is 6.53. The van der Waals surface area contributed by atoms with Gasteiger partial charge in [-0.05, 0) is 39.5 Å². The first-order valence-electron chi connectivity index (χ1n) is 9.18. The molecular weight excluding hydrogens is 258 g/mol. The summed E-state index contributed by atoms with van der Waals surface area (Å²) in [6.07, 6.45) is 12.0. The molecule has 0 bridgehead atoms. The number of aliphatic imine (C=N–C) groups is 1. The molecule has 2 heteroatoms. The van der Waals surface area contributed by atoms with Crippen molar-refractivity contribution in [1.82, 2.24) is 0 Å². The van der Waals surface area contributed by atoms with E-state index in [0.717, 1.165) is 19.3 Å². The first-order chi connectivity index (χ1) is 10.1. The highest BCUT2D eigenvalue weighted by Gasteiger charge is 2.34. The summed E-state index contributed by atoms with van der Waals surface area (Å²) in [5.74, 6) is 0. The Morgan fingerprint density at radius 1 is 0.905 bits per heavy atom. The van der Waals surface area contributed by atoms with Crippen molar-refractivity contribution in [2.75, 3.05) is 7.11 Å². The molecule has 0 aromatic heterocycles. The lowest BCUT2D eigenvalue weighted by molar-refractivity contribution is 0.0295. The van der Waals surface area contributed by atoms with Gasteiger partial charge in [0, 0.05) is 18.9 Å². The summed E-state index contributed by atoms with van der Waals surface area (Å²) in [7, 11) is 1.89. The number of rotatable bonds is 13. The van der Waals surface area contributed by atoms with E-state index in [-0.39, 0.29) is 5.60 Å². The van der Waals surface area contributed by atoms with Crippen LogP contribution in [0, 0.1) is 0 Å². The van der Waals surface area contributed by atoms with Gasteiger partial charge in [-0.25, -0.2) is 0 Å². The molecule has 0 saturated heterocycles. The molecule has 0 aliphatic carbocycles. The quantitative estimate of drug-likeness (QED) is 0.294. The van der Waals surface area contributed by atoms with Gasteiger partial charge in [-0.1, -0.05) is 59.3 Å². The molecule has 0 aromatic rings. The molecule has 2 nitrogen and oxygen atoms in total. The Kier molecular flexibility index (Phi) is 12.0. The van der Waals surface area contributed by atoms with Crippen LogP contribution in [-0.4, -0.2) is 24.5 Å². The zero-order valence-corrected chi connectivity index (χ0v) is 15.5. The maximum absolute atomic E-state index is 6.11. The molecule has 0 spiro atoms. The highest BCUT2D eigenvalue weighted by molar-refractivity contribution is 5.92. The summed E-state index contributed by atoms with van der Waals surface area (Å²) < 4.78 is 6.11. The van der Waals surface area contributed by atoms with Crippen LogP contribution in [0.4, 0.5) is 0 Å². The molecule has 0 saturated carbocycles. The van der Waals surface area contributed by atoms with Crippen LogP contribution in [0.3, 0.4) is 0 Å². The van der Waals surface area contributed by atoms with Crippen LogP contribution in [0.15, 0.2) is 4.99 Å². The van der Waals surface area contributed by atoms with Crippen molar-refractivity contribution in [3.8, 4) is 0 Å². The van der Waals surface area contributed by atoms with Gasteiger partial charge in [0.1, 0.15) is 5.60 Å². The van der Waals surface area contributed by atoms with Crippen LogP contribution in [0.2, 0.25) is 0 Å². The Morgan fingerprint density at radius 2 is 1.43 bits per heavy atom. The fourth-order valence-corrected chi connectivity index (χ4v) is 2.92. The smallest absolute Gasteiger partial charge is 0.105 e. The molecular formula is C19H39NO. The second kappa shape index (κ2) is 12.2. The van der Waals surface area contributed by atoms with E-state index >= 15 is 0 Å². The van der Waals surface area contributed by atoms with Gasteiger partial charge < -0.3 is 4.74 Å². The van der Waals surface area contributed by atoms with Crippen LogP contribution < -0.4 is 0 Å². The summed E-state index contributed by atoms with van der Waals surface area (Å²) in [6, 6.07) is 0.361. The second-order valence-electron chi connectivity index (χ2n) is 6.53. The third-order valence-electron chi connectivity index (χ3n) is 4.22. The van der Waals surface area contributed by atoms with Crippen LogP contribution in [-0.2, 0) is 4.74 Å². The van der Waals surface area contributed by atoms with Crippen molar-refractivity contribution < 1.29 is 4.74 Å². The Bertz CT molecular complexity index is 263. The average molecular weight is 298 g/mol. The molecule has 0 heterocycles. The molecule has 0 fully saturated rings. The highest BCUT2D eigenvalue weighted by Crippen LogP contribution is 2.30. The fraction of sp³-hybridized carbons (Fsp3) is 0.947. The van der Waals surface area contributed by atoms with Crippen molar-refractivity contribution in [2.45, 2.75) is 110 Å². The van der Waals surface area contributed by atoms with Crippen LogP contribution >= 0.6 is 0 Å². The Labute approximate surface area is 133 Å². The predicted molar refractivity (Wildman–Crippen MR) is 95.5 cm³/mol. The Hall–Kier alpha value is -0.370. The van der Waals surface area contributed by atoms with Gasteiger partial charge in [0.2, 0.25) is 0 Å². The molecule has 0 aromatic carbocycles. The van der Waals surface area contributed by atoms with Gasteiger partial charge >= 0.3 is 0 Å². The monoisotopic (exact) mass is 297 g/mol. The molecule has 0 rings (SSSR count). The lowest BCUT2D eigenvalue weighted by Gasteiger charge is -2.35. The van der Waals surface area contributed by atoms with Crippen molar-refractivity contribution in [1.29, 1.82) is 0 Å². The number of methoxy groups -OCH3 is 1. The van der Waals surface area contributed by atoms with E-state index in [1.165, 1.54) is 50.7 Å². The average Bonchev–Trinajstić information content (AvgIpc) is 2.47. The zero-order chi connectivity index (χ0) is 16.1. The first-order valence-corrected chi connectivity index (χ1v) is 9.18. The largest absolute Gasteiger partial charge is 0.372 e. The number of hydrogen-bond acceptors (Lipinski definition) is 2. The zero-order valence-electron chi connectivity index (χ0n) is 15.5. The van der Waals surface area contributed by atoms with Gasteiger partial charge in [-0.15, -0.1) is 0 Å². The molecule has 0 unspecified atom stereocenters. The number of unbranched alkanes of at least 4 members (excludes halogenated alkanes) is 4. The summed E-state index contributed by atoms with van der Waals surface area (Å²) in [5, 5.41) is 0. The highest BCUT2D eigenvalue weighted by atomic mass is 16.5. The summed E-state index contributed by atoms with van der Waals surface area (Å²) in [6.45, 7) is 11.1. The molecule has 0 N–H and O–H groups in total. The minimum absolute atomic E-state index is 0.107. The molecule has 0 aliphatic rings. The molecule has 21 heavy (non-hydrogen) atoms. The topological polar surface area (TPSA) is 21.6 Å². The lowest BCUT2D eigenvalue weighted by Crippen LogP contribution is -2.41. The van der Waals surface area contributed by atoms with Gasteiger partial charge in [0.05, 0.1) is 0 Å². The van der Waals surface area contributed by atoms with Crippen molar-refractivity contribution in [3.05, 3.63) is 0 Å². The van der Waals surface area contributed by atoms with Crippen LogP contribution in [0.1, 0.15) is 98.8 Å². The number of nitrogens with zero attached hydrogens (tertiary/aromatic N) is 1. The Balaban J connectivity index is 5.19. The van der Waals surface area contributed by atoms with E-state index in [0.29, 0.717) is 6.04 Å². The minimum Gasteiger partial charge on any atom is -0.372 e. The van der Waals surface area contributed by atoms with Crippen LogP contribution in [0.25, 0.3) is 0 Å². The van der Waals surface area contributed by atoms with Crippen molar-refractivity contribution in [3.63, 3.8) is 0 Å². The van der Waals surface area contributed by atoms with E-state index in [1.54, 1.807) is 0 Å². The minimum atomic E-state index is -0.107. The summed E-state index contributed by atoms with van der Waals surface area (Å²) >= 11 is 0. The van der Waals surface area contributed by atoms with Crippen molar-refractivity contribution >= 4 is 5.71 Å². The molecule has 0 aliphatic heterocycles. The lowest BCUT2D eigenvalue weighted by atomic mass is 9.83.